The molecule has 0 unspecified atom stereocenters. The van der Waals surface area contributed by atoms with E-state index in [1.165, 1.54) is 0 Å². The summed E-state index contributed by atoms with van der Waals surface area (Å²) in [5.41, 5.74) is 2.37. The lowest BCUT2D eigenvalue weighted by Gasteiger charge is -2.08. The summed E-state index contributed by atoms with van der Waals surface area (Å²) in [4.78, 5) is 35.0. The third-order valence-corrected chi connectivity index (χ3v) is 4.23. The molecule has 1 saturated heterocycles. The molecule has 0 aromatic heterocycles. The maximum Gasteiger partial charge on any atom is 0.338 e. The van der Waals surface area contributed by atoms with E-state index in [-0.39, 0.29) is 30.8 Å². The number of carbonyl (C=O) groups is 3. The molecule has 1 fully saturated rings. The number of nitrogens with one attached hydrogen (secondary N) is 1. The molecule has 0 radical (unpaired) electrons. The molecule has 0 aliphatic carbocycles. The highest BCUT2D eigenvalue weighted by Gasteiger charge is 2.30. The van der Waals surface area contributed by atoms with Crippen molar-refractivity contribution in [2.24, 2.45) is 5.92 Å². The topological polar surface area (TPSA) is 96.3 Å². The predicted molar refractivity (Wildman–Crippen MR) is 91.7 cm³/mol. The van der Waals surface area contributed by atoms with Gasteiger partial charge in [0.25, 0.3) is 0 Å². The van der Waals surface area contributed by atoms with Crippen LogP contribution in [-0.4, -0.2) is 17.8 Å². The quantitative estimate of drug-likeness (QED) is 0.659. The van der Waals surface area contributed by atoms with Crippen LogP contribution in [0.5, 0.6) is 0 Å². The first-order valence-electron chi connectivity index (χ1n) is 8.14. The molecule has 0 bridgehead atoms. The van der Waals surface area contributed by atoms with Gasteiger partial charge in [-0.2, -0.15) is 5.26 Å². The Morgan fingerprint density at radius 2 is 1.88 bits per heavy atom. The van der Waals surface area contributed by atoms with Crippen LogP contribution in [0.3, 0.4) is 0 Å². The normalized spacial score (nSPS) is 16.0. The van der Waals surface area contributed by atoms with Crippen molar-refractivity contribution >= 4 is 17.8 Å². The van der Waals surface area contributed by atoms with Crippen LogP contribution in [0.4, 0.5) is 0 Å². The molecule has 2 aromatic carbocycles. The summed E-state index contributed by atoms with van der Waals surface area (Å²) in [6.07, 6.45) is 0.642. The Bertz CT molecular complexity index is 897. The third kappa shape index (κ3) is 3.95. The monoisotopic (exact) mass is 348 g/mol. The molecule has 6 heteroatoms. The first kappa shape index (κ1) is 17.4. The van der Waals surface area contributed by atoms with E-state index in [9.17, 15) is 14.4 Å². The molecule has 0 spiro atoms. The van der Waals surface area contributed by atoms with Gasteiger partial charge in [-0.15, -0.1) is 0 Å². The maximum atomic E-state index is 12.2. The molecule has 1 heterocycles. The van der Waals surface area contributed by atoms with Crippen molar-refractivity contribution < 1.29 is 19.1 Å². The number of benzene rings is 2. The minimum absolute atomic E-state index is 0.0225. The van der Waals surface area contributed by atoms with Gasteiger partial charge in [-0.05, 0) is 30.2 Å². The molecule has 130 valence electrons. The number of nitrogens with zero attached hydrogens (tertiary/aromatic N) is 1. The zero-order valence-corrected chi connectivity index (χ0v) is 13.9. The number of nitriles is 1. The molecule has 1 N–H and O–H groups in total. The van der Waals surface area contributed by atoms with E-state index in [0.29, 0.717) is 23.1 Å². The second-order valence-electron chi connectivity index (χ2n) is 6.06. The van der Waals surface area contributed by atoms with Gasteiger partial charge in [-0.1, -0.05) is 30.3 Å². The van der Waals surface area contributed by atoms with Gasteiger partial charge < -0.3 is 4.74 Å². The van der Waals surface area contributed by atoms with Gasteiger partial charge in [0.1, 0.15) is 6.61 Å². The summed E-state index contributed by atoms with van der Waals surface area (Å²) in [7, 11) is 0. The SMILES string of the molecule is N#Cc1ccccc1COC(=O)c1ccc(C[C@H]2CC(=O)NC2=O)cc1. The fraction of sp³-hybridized carbons (Fsp3) is 0.200. The van der Waals surface area contributed by atoms with Crippen LogP contribution >= 0.6 is 0 Å². The molecule has 6 nitrogen and oxygen atoms in total. The average molecular weight is 348 g/mol. The maximum absolute atomic E-state index is 12.2. The zero-order valence-electron chi connectivity index (χ0n) is 13.9. The molecule has 1 atom stereocenters. The summed E-state index contributed by atoms with van der Waals surface area (Å²) in [5.74, 6) is -1.35. The predicted octanol–water partition coefficient (Wildman–Crippen LogP) is 2.12. The standard InChI is InChI=1S/C20H16N2O4/c21-11-15-3-1-2-4-16(15)12-26-20(25)14-7-5-13(6-8-14)9-17-10-18(23)22-19(17)24/h1-8,17H,9-10,12H2,(H,22,23,24)/t17-/m0/s1. The fourth-order valence-corrected chi connectivity index (χ4v) is 2.82. The Kier molecular flexibility index (Phi) is 5.09. The number of amides is 2. The summed E-state index contributed by atoms with van der Waals surface area (Å²) in [6.45, 7) is 0.0225. The number of carbonyl (C=O) groups excluding carboxylic acids is 3. The van der Waals surface area contributed by atoms with E-state index in [1.807, 2.05) is 0 Å². The van der Waals surface area contributed by atoms with E-state index in [4.69, 9.17) is 10.00 Å². The Hall–Kier alpha value is -3.46. The molecule has 1 aliphatic heterocycles. The molecule has 2 amide bonds. The van der Waals surface area contributed by atoms with Crippen molar-refractivity contribution in [3.8, 4) is 6.07 Å². The second kappa shape index (κ2) is 7.62. The van der Waals surface area contributed by atoms with Crippen LogP contribution in [0.2, 0.25) is 0 Å². The largest absolute Gasteiger partial charge is 0.457 e. The zero-order chi connectivity index (χ0) is 18.5. The Morgan fingerprint density at radius 3 is 2.54 bits per heavy atom. The van der Waals surface area contributed by atoms with Crippen molar-refractivity contribution in [3.05, 3.63) is 70.8 Å². The van der Waals surface area contributed by atoms with Crippen molar-refractivity contribution in [1.29, 1.82) is 5.26 Å². The minimum atomic E-state index is -0.488. The summed E-state index contributed by atoms with van der Waals surface area (Å²) < 4.78 is 5.26. The average Bonchev–Trinajstić information content (AvgIpc) is 2.97. The Balaban J connectivity index is 1.59. The lowest BCUT2D eigenvalue weighted by Crippen LogP contribution is -2.22. The first-order valence-corrected chi connectivity index (χ1v) is 8.14. The van der Waals surface area contributed by atoms with Crippen molar-refractivity contribution in [3.63, 3.8) is 0 Å². The number of ether oxygens (including phenoxy) is 1. The highest BCUT2D eigenvalue weighted by molar-refractivity contribution is 6.03. The van der Waals surface area contributed by atoms with Gasteiger partial charge in [-0.3, -0.25) is 14.9 Å². The lowest BCUT2D eigenvalue weighted by molar-refractivity contribution is -0.125. The van der Waals surface area contributed by atoms with Crippen LogP contribution < -0.4 is 5.32 Å². The van der Waals surface area contributed by atoms with Crippen LogP contribution in [0, 0.1) is 17.2 Å². The van der Waals surface area contributed by atoms with Gasteiger partial charge in [0.05, 0.1) is 23.1 Å². The fourth-order valence-electron chi connectivity index (χ4n) is 2.82. The van der Waals surface area contributed by atoms with Crippen LogP contribution in [0.25, 0.3) is 0 Å². The molecular formula is C20H16N2O4. The summed E-state index contributed by atoms with van der Waals surface area (Å²) in [6, 6.07) is 15.7. The minimum Gasteiger partial charge on any atom is -0.457 e. The summed E-state index contributed by atoms with van der Waals surface area (Å²) >= 11 is 0. The molecule has 1 aliphatic rings. The van der Waals surface area contributed by atoms with Gasteiger partial charge in [0.15, 0.2) is 0 Å². The summed E-state index contributed by atoms with van der Waals surface area (Å²) in [5, 5.41) is 11.3. The lowest BCUT2D eigenvalue weighted by atomic mass is 9.97. The second-order valence-corrected chi connectivity index (χ2v) is 6.06. The van der Waals surface area contributed by atoms with Crippen LogP contribution in [0.15, 0.2) is 48.5 Å². The number of imide groups is 1. The number of hydrogen-bond acceptors (Lipinski definition) is 5. The van der Waals surface area contributed by atoms with E-state index in [1.54, 1.807) is 48.5 Å². The highest BCUT2D eigenvalue weighted by atomic mass is 16.5. The molecule has 2 aromatic rings. The van der Waals surface area contributed by atoms with E-state index in [2.05, 4.69) is 11.4 Å². The van der Waals surface area contributed by atoms with Gasteiger partial charge >= 0.3 is 5.97 Å². The van der Waals surface area contributed by atoms with Gasteiger partial charge in [0.2, 0.25) is 11.8 Å². The van der Waals surface area contributed by atoms with E-state index < -0.39 is 5.97 Å². The Labute approximate surface area is 150 Å². The highest BCUT2D eigenvalue weighted by Crippen LogP contribution is 2.18. The third-order valence-electron chi connectivity index (χ3n) is 4.23. The van der Waals surface area contributed by atoms with Gasteiger partial charge in [0, 0.05) is 12.0 Å². The number of hydrogen-bond donors (Lipinski definition) is 1. The number of esters is 1. The van der Waals surface area contributed by atoms with Gasteiger partial charge in [-0.25, -0.2) is 4.79 Å². The number of rotatable bonds is 5. The molecule has 3 rings (SSSR count). The van der Waals surface area contributed by atoms with E-state index in [0.717, 1.165) is 5.56 Å². The smallest absolute Gasteiger partial charge is 0.338 e. The Morgan fingerprint density at radius 1 is 1.15 bits per heavy atom. The molecular weight excluding hydrogens is 332 g/mol. The van der Waals surface area contributed by atoms with Crippen LogP contribution in [0.1, 0.15) is 33.5 Å². The van der Waals surface area contributed by atoms with Crippen molar-refractivity contribution in [2.75, 3.05) is 0 Å². The molecule has 0 saturated carbocycles. The van der Waals surface area contributed by atoms with Crippen molar-refractivity contribution in [2.45, 2.75) is 19.4 Å². The van der Waals surface area contributed by atoms with Crippen LogP contribution in [-0.2, 0) is 27.4 Å². The van der Waals surface area contributed by atoms with Crippen molar-refractivity contribution in [1.82, 2.24) is 5.32 Å². The first-order chi connectivity index (χ1) is 12.6. The molecule has 26 heavy (non-hydrogen) atoms. The van der Waals surface area contributed by atoms with E-state index >= 15 is 0 Å².